The van der Waals surface area contributed by atoms with Gasteiger partial charge in [0.25, 0.3) is 0 Å². The van der Waals surface area contributed by atoms with Gasteiger partial charge in [-0.15, -0.1) is 0 Å². The Labute approximate surface area is 272 Å². The molecule has 0 aromatic carbocycles. The van der Waals surface area contributed by atoms with Crippen molar-refractivity contribution < 1.29 is 142 Å². The van der Waals surface area contributed by atoms with E-state index < -0.39 is 119 Å². The second-order valence-electron chi connectivity index (χ2n) is 11.1. The van der Waals surface area contributed by atoms with Crippen molar-refractivity contribution in [3.63, 3.8) is 0 Å². The molecule has 1 unspecified atom stereocenters. The van der Waals surface area contributed by atoms with Crippen molar-refractivity contribution >= 4 is 5.97 Å². The van der Waals surface area contributed by atoms with E-state index in [9.17, 15) is 133 Å². The highest BCUT2D eigenvalue weighted by molar-refractivity contribution is 5.67. The molecule has 32 heteroatoms. The average Bonchev–Trinajstić information content (AvgIpc) is 2.89. The van der Waals surface area contributed by atoms with E-state index in [0.29, 0.717) is 14.1 Å². The minimum atomic E-state index is -9.92. The van der Waals surface area contributed by atoms with Crippen LogP contribution in [0.4, 0.5) is 123 Å². The molecule has 0 aliphatic rings. The lowest BCUT2D eigenvalue weighted by Gasteiger charge is -2.46. The van der Waals surface area contributed by atoms with E-state index in [1.165, 1.54) is 0 Å². The van der Waals surface area contributed by atoms with Gasteiger partial charge < -0.3 is 14.7 Å². The van der Waals surface area contributed by atoms with E-state index in [1.807, 2.05) is 0 Å². The highest BCUT2D eigenvalue weighted by Gasteiger charge is 3.00. The summed E-state index contributed by atoms with van der Waals surface area (Å²) in [6.07, 6.45) is -12.8. The van der Waals surface area contributed by atoms with Crippen molar-refractivity contribution in [1.29, 1.82) is 0 Å². The van der Waals surface area contributed by atoms with Crippen molar-refractivity contribution in [2.75, 3.05) is 27.2 Å². The molecule has 0 aromatic rings. The number of aliphatic hydroxyl groups excluding tert-OH is 1. The Kier molecular flexibility index (Phi) is 12.4. The van der Waals surface area contributed by atoms with Gasteiger partial charge in [-0.2, -0.15) is 119 Å². The largest absolute Gasteiger partial charge is 0.477 e. The molecule has 0 amide bonds. The maximum absolute atomic E-state index is 14.0. The highest BCUT2D eigenvalue weighted by atomic mass is 19.4. The van der Waals surface area contributed by atoms with Crippen LogP contribution in [0.25, 0.3) is 0 Å². The summed E-state index contributed by atoms with van der Waals surface area (Å²) >= 11 is 0. The fourth-order valence-electron chi connectivity index (χ4n) is 3.56. The number of aliphatic carboxylic acids is 1. The van der Waals surface area contributed by atoms with Gasteiger partial charge in [0.05, 0.1) is 14.1 Å². The molecular formula is C21H14F28NO3+. The summed E-state index contributed by atoms with van der Waals surface area (Å²) in [6, 6.07) is 0. The summed E-state index contributed by atoms with van der Waals surface area (Å²) in [5, 5.41) is 18.0. The van der Waals surface area contributed by atoms with Gasteiger partial charge in [-0.25, -0.2) is 9.18 Å². The topological polar surface area (TPSA) is 57.5 Å². The first-order valence-corrected chi connectivity index (χ1v) is 12.1. The fraction of sp³-hybridized carbons (Fsp3) is 0.857. The highest BCUT2D eigenvalue weighted by Crippen LogP contribution is 2.68. The minimum absolute atomic E-state index is 0.715. The Morgan fingerprint density at radius 3 is 0.943 bits per heavy atom. The van der Waals surface area contributed by atoms with Crippen molar-refractivity contribution in [1.82, 2.24) is 0 Å². The van der Waals surface area contributed by atoms with Crippen LogP contribution < -0.4 is 0 Å². The minimum Gasteiger partial charge on any atom is -0.477 e. The fourth-order valence-corrected chi connectivity index (χ4v) is 3.56. The number of alkyl halides is 27. The zero-order valence-electron chi connectivity index (χ0n) is 24.4. The standard InChI is InChI=1S/C21H13F28NO3/c1-50(2,5-8(52)53)4-6(51)3-7(22)9(23,24)10(25,26)11(27,28)12(29,30)13(31,32)14(33,34)15(35,36)16(37,38)17(39,40)18(41,42)19(43,44)20(45,46)21(47,48)49/h3,6,51H,4-5H2,1-2H3/p+1. The molecule has 0 aliphatic carbocycles. The third-order valence-corrected chi connectivity index (χ3v) is 6.58. The number of allylic oxidation sites excluding steroid dienone is 1. The van der Waals surface area contributed by atoms with Crippen LogP contribution >= 0.6 is 0 Å². The number of carboxylic acid groups (broad SMARTS) is 1. The summed E-state index contributed by atoms with van der Waals surface area (Å²) in [5.41, 5.74) is 0. The maximum Gasteiger partial charge on any atom is 0.460 e. The van der Waals surface area contributed by atoms with E-state index in [-0.39, 0.29) is 0 Å². The number of likely N-dealkylation sites (N-methyl/N-ethyl adjacent to an activating group) is 1. The first-order valence-electron chi connectivity index (χ1n) is 12.1. The number of rotatable bonds is 17. The predicted molar refractivity (Wildman–Crippen MR) is 110 cm³/mol. The van der Waals surface area contributed by atoms with Gasteiger partial charge in [0.15, 0.2) is 12.4 Å². The Bertz CT molecular complexity index is 1380. The Morgan fingerprint density at radius 1 is 0.491 bits per heavy atom. The molecule has 0 rings (SSSR count). The number of halogens is 28. The molecule has 0 radical (unpaired) electrons. The van der Waals surface area contributed by atoms with Crippen LogP contribution in [0.3, 0.4) is 0 Å². The summed E-state index contributed by atoms with van der Waals surface area (Å²) in [7, 11) is 1.43. The SMILES string of the molecule is C[N+](C)(CC(=O)O)CC(O)C=C(F)C(F)(F)C(F)(F)C(F)(F)C(F)(F)C(F)(F)C(F)(F)C(F)(F)C(F)(F)C(F)(F)C(F)(F)C(F)(F)C(F)(F)C(F)(F)F. The van der Waals surface area contributed by atoms with Gasteiger partial charge in [0.2, 0.25) is 0 Å². The van der Waals surface area contributed by atoms with Crippen LogP contribution in [0.2, 0.25) is 0 Å². The molecule has 1 atom stereocenters. The Hall–Kier alpha value is -2.83. The van der Waals surface area contributed by atoms with E-state index in [1.54, 1.807) is 0 Å². The number of hydrogen-bond acceptors (Lipinski definition) is 2. The van der Waals surface area contributed by atoms with Gasteiger partial charge in [-0.05, 0) is 6.08 Å². The molecule has 0 saturated carbocycles. The average molecular weight is 860 g/mol. The quantitative estimate of drug-likeness (QED) is 0.114. The van der Waals surface area contributed by atoms with Crippen LogP contribution in [-0.2, 0) is 4.79 Å². The van der Waals surface area contributed by atoms with Gasteiger partial charge >= 0.3 is 83.2 Å². The third kappa shape index (κ3) is 6.98. The van der Waals surface area contributed by atoms with Gasteiger partial charge in [-0.3, -0.25) is 0 Å². The first kappa shape index (κ1) is 50.2. The lowest BCUT2D eigenvalue weighted by Crippen LogP contribution is -2.78. The number of nitrogens with zero attached hydrogens (tertiary/aromatic N) is 1. The predicted octanol–water partition coefficient (Wildman–Crippen LogP) is 8.55. The number of carboxylic acids is 1. The van der Waals surface area contributed by atoms with E-state index >= 15 is 0 Å². The second kappa shape index (κ2) is 13.1. The van der Waals surface area contributed by atoms with E-state index in [4.69, 9.17) is 5.11 Å². The van der Waals surface area contributed by atoms with Gasteiger partial charge in [-0.1, -0.05) is 0 Å². The van der Waals surface area contributed by atoms with Crippen LogP contribution in [0.1, 0.15) is 0 Å². The lowest BCUT2D eigenvalue weighted by atomic mass is 9.84. The normalized spacial score (nSPS) is 17.3. The molecule has 316 valence electrons. The number of quaternary nitrogens is 1. The monoisotopic (exact) mass is 860 g/mol. The van der Waals surface area contributed by atoms with Crippen LogP contribution in [0.15, 0.2) is 11.9 Å². The summed E-state index contributed by atoms with van der Waals surface area (Å²) in [4.78, 5) is 10.7. The summed E-state index contributed by atoms with van der Waals surface area (Å²) in [5.74, 6) is -119. The first-order chi connectivity index (χ1) is 22.4. The molecule has 0 bridgehead atoms. The molecule has 2 N–H and O–H groups in total. The molecule has 0 heterocycles. The zero-order chi connectivity index (χ0) is 43.9. The lowest BCUT2D eigenvalue weighted by molar-refractivity contribution is -0.885. The molecule has 0 fully saturated rings. The summed E-state index contributed by atoms with van der Waals surface area (Å²) < 4.78 is 378. The Balaban J connectivity index is 7.39. The van der Waals surface area contributed by atoms with Crippen molar-refractivity contribution in [3.8, 4) is 0 Å². The Morgan fingerprint density at radius 2 is 0.717 bits per heavy atom. The van der Waals surface area contributed by atoms with E-state index in [2.05, 4.69) is 0 Å². The van der Waals surface area contributed by atoms with Crippen molar-refractivity contribution in [2.24, 2.45) is 0 Å². The molecule has 0 saturated heterocycles. The molecular weight excluding hydrogens is 846 g/mol. The summed E-state index contributed by atoms with van der Waals surface area (Å²) in [6.45, 7) is -2.62. The maximum atomic E-state index is 14.0. The second-order valence-corrected chi connectivity index (χ2v) is 11.1. The number of hydrogen-bond donors (Lipinski definition) is 2. The number of carbonyl (C=O) groups is 1. The smallest absolute Gasteiger partial charge is 0.460 e. The van der Waals surface area contributed by atoms with Crippen LogP contribution in [-0.4, -0.2) is 131 Å². The molecule has 0 spiro atoms. The van der Waals surface area contributed by atoms with E-state index in [0.717, 1.165) is 0 Å². The van der Waals surface area contributed by atoms with Crippen LogP contribution in [0.5, 0.6) is 0 Å². The van der Waals surface area contributed by atoms with Crippen LogP contribution in [0, 0.1) is 0 Å². The van der Waals surface area contributed by atoms with Gasteiger partial charge in [0, 0.05) is 0 Å². The molecule has 4 nitrogen and oxygen atoms in total. The molecule has 0 aliphatic heterocycles. The number of aliphatic hydroxyl groups is 1. The zero-order valence-corrected chi connectivity index (χ0v) is 24.4. The van der Waals surface area contributed by atoms with Crippen molar-refractivity contribution in [3.05, 3.63) is 11.9 Å². The molecule has 53 heavy (non-hydrogen) atoms. The molecule has 0 aromatic heterocycles. The van der Waals surface area contributed by atoms with Crippen molar-refractivity contribution in [2.45, 2.75) is 83.4 Å². The van der Waals surface area contributed by atoms with Gasteiger partial charge in [0.1, 0.15) is 12.6 Å². The third-order valence-electron chi connectivity index (χ3n) is 6.58.